The van der Waals surface area contributed by atoms with Gasteiger partial charge in [0.2, 0.25) is 0 Å². The molecule has 2 aromatic rings. The van der Waals surface area contributed by atoms with Crippen LogP contribution < -0.4 is 0 Å². The van der Waals surface area contributed by atoms with Gasteiger partial charge in [-0.05, 0) is 23.8 Å². The van der Waals surface area contributed by atoms with Gasteiger partial charge in [0, 0.05) is 10.6 Å². The number of rotatable bonds is 5. The highest BCUT2D eigenvalue weighted by Crippen LogP contribution is 2.25. The van der Waals surface area contributed by atoms with Crippen LogP contribution >= 0.6 is 11.8 Å². The molecule has 0 bridgehead atoms. The lowest BCUT2D eigenvalue weighted by atomic mass is 10.1. The van der Waals surface area contributed by atoms with Gasteiger partial charge in [-0.15, -0.1) is 11.8 Å². The standard InChI is InChI=1S/C15H12O4S/c16-14(17)12-7-6-11(8-13(12)15(18)19)20-9-10-4-2-1-3-5-10/h1-8H,9H2,(H,16,17)(H,18,19). The van der Waals surface area contributed by atoms with Gasteiger partial charge < -0.3 is 10.2 Å². The molecule has 0 aromatic heterocycles. The summed E-state index contributed by atoms with van der Waals surface area (Å²) in [6.07, 6.45) is 0. The van der Waals surface area contributed by atoms with Crippen molar-refractivity contribution in [1.29, 1.82) is 0 Å². The lowest BCUT2D eigenvalue weighted by molar-refractivity contribution is 0.0651. The van der Waals surface area contributed by atoms with Gasteiger partial charge in [0.05, 0.1) is 11.1 Å². The maximum atomic E-state index is 11.1. The van der Waals surface area contributed by atoms with Crippen LogP contribution in [0.5, 0.6) is 0 Å². The second-order valence-electron chi connectivity index (χ2n) is 4.09. The van der Waals surface area contributed by atoms with E-state index >= 15 is 0 Å². The number of aromatic carboxylic acids is 2. The number of thioether (sulfide) groups is 1. The third-order valence-corrected chi connectivity index (χ3v) is 3.77. The van der Waals surface area contributed by atoms with Crippen LogP contribution in [0.2, 0.25) is 0 Å². The molecular formula is C15H12O4S. The van der Waals surface area contributed by atoms with Gasteiger partial charge in [0.1, 0.15) is 0 Å². The molecule has 0 saturated heterocycles. The molecule has 0 fully saturated rings. The highest BCUT2D eigenvalue weighted by atomic mass is 32.2. The van der Waals surface area contributed by atoms with Crippen molar-refractivity contribution in [2.45, 2.75) is 10.6 Å². The molecule has 4 nitrogen and oxygen atoms in total. The summed E-state index contributed by atoms with van der Waals surface area (Å²) >= 11 is 1.47. The first-order valence-corrected chi connectivity index (χ1v) is 6.84. The van der Waals surface area contributed by atoms with Crippen molar-refractivity contribution in [3.63, 3.8) is 0 Å². The highest BCUT2D eigenvalue weighted by Gasteiger charge is 2.16. The molecule has 2 rings (SSSR count). The van der Waals surface area contributed by atoms with Gasteiger partial charge in [0.15, 0.2) is 0 Å². The van der Waals surface area contributed by atoms with E-state index in [1.165, 1.54) is 23.9 Å². The Labute approximate surface area is 120 Å². The Hall–Kier alpha value is -2.27. The van der Waals surface area contributed by atoms with Crippen LogP contribution in [-0.2, 0) is 5.75 Å². The van der Waals surface area contributed by atoms with Crippen LogP contribution in [0.1, 0.15) is 26.3 Å². The molecule has 0 aliphatic rings. The predicted molar refractivity (Wildman–Crippen MR) is 76.4 cm³/mol. The molecule has 2 N–H and O–H groups in total. The molecule has 2 aromatic carbocycles. The zero-order chi connectivity index (χ0) is 14.5. The zero-order valence-electron chi connectivity index (χ0n) is 10.4. The van der Waals surface area contributed by atoms with Crippen molar-refractivity contribution < 1.29 is 19.8 Å². The van der Waals surface area contributed by atoms with E-state index in [1.807, 2.05) is 30.3 Å². The lowest BCUT2D eigenvalue weighted by Crippen LogP contribution is -2.07. The molecule has 20 heavy (non-hydrogen) atoms. The maximum Gasteiger partial charge on any atom is 0.336 e. The summed E-state index contributed by atoms with van der Waals surface area (Å²) in [6, 6.07) is 14.1. The van der Waals surface area contributed by atoms with Crippen molar-refractivity contribution in [2.24, 2.45) is 0 Å². The smallest absolute Gasteiger partial charge is 0.336 e. The summed E-state index contributed by atoms with van der Waals surface area (Å²) < 4.78 is 0. The van der Waals surface area contributed by atoms with E-state index in [1.54, 1.807) is 6.07 Å². The fourth-order valence-electron chi connectivity index (χ4n) is 1.72. The Morgan fingerprint density at radius 1 is 0.900 bits per heavy atom. The van der Waals surface area contributed by atoms with Crippen molar-refractivity contribution >= 4 is 23.7 Å². The second kappa shape index (κ2) is 6.25. The minimum atomic E-state index is -1.23. The number of carbonyl (C=O) groups is 2. The molecule has 102 valence electrons. The lowest BCUT2D eigenvalue weighted by Gasteiger charge is -2.06. The fraction of sp³-hybridized carbons (Fsp3) is 0.0667. The van der Waals surface area contributed by atoms with Crippen molar-refractivity contribution in [3.05, 3.63) is 65.2 Å². The van der Waals surface area contributed by atoms with Crippen LogP contribution in [0.25, 0.3) is 0 Å². The summed E-state index contributed by atoms with van der Waals surface area (Å²) in [7, 11) is 0. The first-order valence-electron chi connectivity index (χ1n) is 5.85. The average molecular weight is 288 g/mol. The van der Waals surface area contributed by atoms with Crippen LogP contribution in [0, 0.1) is 0 Å². The van der Waals surface area contributed by atoms with Gasteiger partial charge >= 0.3 is 11.9 Å². The highest BCUT2D eigenvalue weighted by molar-refractivity contribution is 7.98. The topological polar surface area (TPSA) is 74.6 Å². The Morgan fingerprint density at radius 2 is 1.55 bits per heavy atom. The molecule has 0 atom stereocenters. The third-order valence-electron chi connectivity index (χ3n) is 2.70. The van der Waals surface area contributed by atoms with Crippen molar-refractivity contribution in [2.75, 3.05) is 0 Å². The number of hydrogen-bond donors (Lipinski definition) is 2. The van der Waals surface area contributed by atoms with E-state index in [-0.39, 0.29) is 11.1 Å². The van der Waals surface area contributed by atoms with Crippen LogP contribution in [0.15, 0.2) is 53.4 Å². The van der Waals surface area contributed by atoms with Crippen LogP contribution in [-0.4, -0.2) is 22.2 Å². The second-order valence-corrected chi connectivity index (χ2v) is 5.14. The molecule has 0 spiro atoms. The minimum Gasteiger partial charge on any atom is -0.478 e. The molecule has 0 saturated carbocycles. The summed E-state index contributed by atoms with van der Waals surface area (Å²) in [5.74, 6) is -1.77. The van der Waals surface area contributed by atoms with Gasteiger partial charge in [-0.25, -0.2) is 9.59 Å². The Balaban J connectivity index is 2.19. The number of carboxylic acid groups (broad SMARTS) is 2. The Morgan fingerprint density at radius 3 is 2.15 bits per heavy atom. The summed E-state index contributed by atoms with van der Waals surface area (Å²) in [4.78, 5) is 22.8. The monoisotopic (exact) mass is 288 g/mol. The zero-order valence-corrected chi connectivity index (χ0v) is 11.3. The third kappa shape index (κ3) is 3.39. The first-order chi connectivity index (χ1) is 9.58. The summed E-state index contributed by atoms with van der Waals surface area (Å²) in [5, 5.41) is 18.0. The van der Waals surface area contributed by atoms with Crippen molar-refractivity contribution in [3.8, 4) is 0 Å². The Kier molecular flexibility index (Phi) is 4.42. The summed E-state index contributed by atoms with van der Waals surface area (Å²) in [6.45, 7) is 0. The van der Waals surface area contributed by atoms with Gasteiger partial charge in [-0.2, -0.15) is 0 Å². The quantitative estimate of drug-likeness (QED) is 0.825. The normalized spacial score (nSPS) is 10.2. The molecule has 0 radical (unpaired) electrons. The number of benzene rings is 2. The predicted octanol–water partition coefficient (Wildman–Crippen LogP) is 3.38. The van der Waals surface area contributed by atoms with Gasteiger partial charge in [-0.1, -0.05) is 30.3 Å². The SMILES string of the molecule is O=C(O)c1ccc(SCc2ccccc2)cc1C(=O)O. The van der Waals surface area contributed by atoms with E-state index < -0.39 is 11.9 Å². The van der Waals surface area contributed by atoms with E-state index in [9.17, 15) is 9.59 Å². The number of hydrogen-bond acceptors (Lipinski definition) is 3. The first kappa shape index (κ1) is 14.1. The fourth-order valence-corrected chi connectivity index (χ4v) is 2.61. The van der Waals surface area contributed by atoms with E-state index in [0.29, 0.717) is 5.75 Å². The van der Waals surface area contributed by atoms with Gasteiger partial charge in [-0.3, -0.25) is 0 Å². The molecule has 0 amide bonds. The molecule has 0 aliphatic carbocycles. The molecule has 5 heteroatoms. The van der Waals surface area contributed by atoms with E-state index in [4.69, 9.17) is 10.2 Å². The molecule has 0 aliphatic heterocycles. The maximum absolute atomic E-state index is 11.1. The van der Waals surface area contributed by atoms with Crippen molar-refractivity contribution in [1.82, 2.24) is 0 Å². The average Bonchev–Trinajstić information content (AvgIpc) is 2.45. The summed E-state index contributed by atoms with van der Waals surface area (Å²) in [5.41, 5.74) is 0.744. The van der Waals surface area contributed by atoms with E-state index in [2.05, 4.69) is 0 Å². The molecular weight excluding hydrogens is 276 g/mol. The van der Waals surface area contributed by atoms with Gasteiger partial charge in [0.25, 0.3) is 0 Å². The Bertz CT molecular complexity index is 638. The molecule has 0 unspecified atom stereocenters. The molecule has 0 heterocycles. The number of carboxylic acids is 2. The van der Waals surface area contributed by atoms with Crippen LogP contribution in [0.4, 0.5) is 0 Å². The largest absolute Gasteiger partial charge is 0.478 e. The minimum absolute atomic E-state index is 0.185. The van der Waals surface area contributed by atoms with Crippen LogP contribution in [0.3, 0.4) is 0 Å². The van der Waals surface area contributed by atoms with E-state index in [0.717, 1.165) is 10.5 Å².